The SMILES string of the molecule is O=C(NC[C@@H]1COc2ccccc2C1)[C@H]1CCCCN1Cc1ccc(F)cc1. The van der Waals surface area contributed by atoms with Crippen molar-refractivity contribution in [3.8, 4) is 5.75 Å². The Kier molecular flexibility index (Phi) is 5.91. The summed E-state index contributed by atoms with van der Waals surface area (Å²) in [5.41, 5.74) is 2.25. The first-order valence-corrected chi connectivity index (χ1v) is 10.2. The zero-order valence-corrected chi connectivity index (χ0v) is 16.1. The number of fused-ring (bicyclic) bond motifs is 1. The van der Waals surface area contributed by atoms with Gasteiger partial charge in [0.2, 0.25) is 5.91 Å². The Morgan fingerprint density at radius 3 is 2.82 bits per heavy atom. The van der Waals surface area contributed by atoms with Crippen LogP contribution in [-0.4, -0.2) is 36.5 Å². The lowest BCUT2D eigenvalue weighted by atomic mass is 9.96. The van der Waals surface area contributed by atoms with E-state index in [0.29, 0.717) is 25.6 Å². The first-order valence-electron chi connectivity index (χ1n) is 10.2. The van der Waals surface area contributed by atoms with Crippen molar-refractivity contribution >= 4 is 5.91 Å². The van der Waals surface area contributed by atoms with E-state index in [4.69, 9.17) is 4.74 Å². The Hall–Kier alpha value is -2.40. The maximum Gasteiger partial charge on any atom is 0.237 e. The molecular weight excluding hydrogens is 355 g/mol. The number of amides is 1. The highest BCUT2D eigenvalue weighted by atomic mass is 19.1. The van der Waals surface area contributed by atoms with E-state index in [1.54, 1.807) is 12.1 Å². The second kappa shape index (κ2) is 8.74. The summed E-state index contributed by atoms with van der Waals surface area (Å²) < 4.78 is 19.0. The minimum Gasteiger partial charge on any atom is -0.493 e. The van der Waals surface area contributed by atoms with Gasteiger partial charge >= 0.3 is 0 Å². The van der Waals surface area contributed by atoms with Crippen molar-refractivity contribution in [1.82, 2.24) is 10.2 Å². The van der Waals surface area contributed by atoms with Gasteiger partial charge in [0.15, 0.2) is 0 Å². The van der Waals surface area contributed by atoms with Crippen LogP contribution in [0.5, 0.6) is 5.75 Å². The smallest absolute Gasteiger partial charge is 0.237 e. The van der Waals surface area contributed by atoms with E-state index < -0.39 is 0 Å². The summed E-state index contributed by atoms with van der Waals surface area (Å²) in [5, 5.41) is 3.16. The third-order valence-electron chi connectivity index (χ3n) is 5.74. The molecule has 148 valence electrons. The summed E-state index contributed by atoms with van der Waals surface area (Å²) in [6.45, 7) is 2.85. The normalized spacial score (nSPS) is 22.2. The largest absolute Gasteiger partial charge is 0.493 e. The molecule has 0 unspecified atom stereocenters. The van der Waals surface area contributed by atoms with Gasteiger partial charge in [0, 0.05) is 19.0 Å². The zero-order chi connectivity index (χ0) is 19.3. The van der Waals surface area contributed by atoms with Crippen molar-refractivity contribution in [2.45, 2.75) is 38.3 Å². The first-order chi connectivity index (χ1) is 13.7. The van der Waals surface area contributed by atoms with Crippen LogP contribution in [0, 0.1) is 11.7 Å². The van der Waals surface area contributed by atoms with Crippen LogP contribution < -0.4 is 10.1 Å². The topological polar surface area (TPSA) is 41.6 Å². The number of piperidine rings is 1. The average Bonchev–Trinajstić information content (AvgIpc) is 2.74. The van der Waals surface area contributed by atoms with Gasteiger partial charge in [0.05, 0.1) is 12.6 Å². The number of carbonyl (C=O) groups is 1. The quantitative estimate of drug-likeness (QED) is 0.860. The van der Waals surface area contributed by atoms with Gasteiger partial charge in [0.1, 0.15) is 11.6 Å². The molecule has 1 saturated heterocycles. The lowest BCUT2D eigenvalue weighted by Crippen LogP contribution is -2.50. The third-order valence-corrected chi connectivity index (χ3v) is 5.74. The van der Waals surface area contributed by atoms with Crippen LogP contribution >= 0.6 is 0 Å². The number of benzene rings is 2. The van der Waals surface area contributed by atoms with Gasteiger partial charge in [0.25, 0.3) is 0 Å². The average molecular weight is 382 g/mol. The van der Waals surface area contributed by atoms with Crippen molar-refractivity contribution in [2.75, 3.05) is 19.7 Å². The second-order valence-electron chi connectivity index (χ2n) is 7.84. The molecule has 2 aliphatic rings. The molecule has 2 aromatic rings. The number of halogens is 1. The molecule has 28 heavy (non-hydrogen) atoms. The van der Waals surface area contributed by atoms with Crippen molar-refractivity contribution in [1.29, 1.82) is 0 Å². The Bertz CT molecular complexity index is 809. The van der Waals surface area contributed by atoms with Crippen molar-refractivity contribution < 1.29 is 13.9 Å². The van der Waals surface area contributed by atoms with Crippen molar-refractivity contribution in [3.63, 3.8) is 0 Å². The maximum atomic E-state index is 13.2. The second-order valence-corrected chi connectivity index (χ2v) is 7.84. The minimum absolute atomic E-state index is 0.0978. The molecule has 4 nitrogen and oxygen atoms in total. The van der Waals surface area contributed by atoms with Gasteiger partial charge < -0.3 is 10.1 Å². The Morgan fingerprint density at radius 2 is 1.96 bits per heavy atom. The Balaban J connectivity index is 1.33. The number of hydrogen-bond donors (Lipinski definition) is 1. The van der Waals surface area contributed by atoms with Gasteiger partial charge in [-0.25, -0.2) is 4.39 Å². The van der Waals surface area contributed by atoms with E-state index in [0.717, 1.165) is 43.5 Å². The van der Waals surface area contributed by atoms with E-state index >= 15 is 0 Å². The zero-order valence-electron chi connectivity index (χ0n) is 16.1. The number of nitrogens with zero attached hydrogens (tertiary/aromatic N) is 1. The number of ether oxygens (including phenoxy) is 1. The molecule has 2 atom stereocenters. The van der Waals surface area contributed by atoms with E-state index in [1.165, 1.54) is 17.7 Å². The standard InChI is InChI=1S/C23H27FN2O2/c24-20-10-8-17(9-11-20)15-26-12-4-3-6-21(26)23(27)25-14-18-13-19-5-1-2-7-22(19)28-16-18/h1-2,5,7-11,18,21H,3-4,6,12-16H2,(H,25,27)/t18-,21-/m1/s1. The molecule has 4 rings (SSSR count). The van der Waals surface area contributed by atoms with Gasteiger partial charge in [-0.3, -0.25) is 9.69 Å². The van der Waals surface area contributed by atoms with Crippen LogP contribution in [0.1, 0.15) is 30.4 Å². The molecule has 2 aliphatic heterocycles. The molecule has 2 aromatic carbocycles. The summed E-state index contributed by atoms with van der Waals surface area (Å²) in [7, 11) is 0. The summed E-state index contributed by atoms with van der Waals surface area (Å²) >= 11 is 0. The van der Waals surface area contributed by atoms with Gasteiger partial charge in [-0.1, -0.05) is 36.8 Å². The molecule has 1 amide bonds. The highest BCUT2D eigenvalue weighted by Crippen LogP contribution is 2.26. The summed E-state index contributed by atoms with van der Waals surface area (Å²) in [5.74, 6) is 1.13. The number of para-hydroxylation sites is 1. The monoisotopic (exact) mass is 382 g/mol. The van der Waals surface area contributed by atoms with Gasteiger partial charge in [-0.05, 0) is 55.1 Å². The molecular formula is C23H27FN2O2. The van der Waals surface area contributed by atoms with E-state index in [-0.39, 0.29) is 17.8 Å². The van der Waals surface area contributed by atoms with Crippen molar-refractivity contribution in [3.05, 3.63) is 65.5 Å². The third kappa shape index (κ3) is 4.53. The van der Waals surface area contributed by atoms with Gasteiger partial charge in [-0.2, -0.15) is 0 Å². The molecule has 0 aliphatic carbocycles. The summed E-state index contributed by atoms with van der Waals surface area (Å²) in [6, 6.07) is 14.6. The molecule has 1 N–H and O–H groups in total. The van der Waals surface area contributed by atoms with Gasteiger partial charge in [-0.15, -0.1) is 0 Å². The van der Waals surface area contributed by atoms with Crippen LogP contribution in [0.15, 0.2) is 48.5 Å². The number of nitrogens with one attached hydrogen (secondary N) is 1. The summed E-state index contributed by atoms with van der Waals surface area (Å²) in [4.78, 5) is 15.1. The highest BCUT2D eigenvalue weighted by molar-refractivity contribution is 5.81. The lowest BCUT2D eigenvalue weighted by Gasteiger charge is -2.35. The molecule has 0 aromatic heterocycles. The predicted molar refractivity (Wildman–Crippen MR) is 107 cm³/mol. The first kappa shape index (κ1) is 18.9. The lowest BCUT2D eigenvalue weighted by molar-refractivity contribution is -0.128. The van der Waals surface area contributed by atoms with E-state index in [9.17, 15) is 9.18 Å². The molecule has 0 bridgehead atoms. The number of carbonyl (C=O) groups excluding carboxylic acids is 1. The molecule has 1 fully saturated rings. The van der Waals surface area contributed by atoms with E-state index in [2.05, 4.69) is 16.3 Å². The molecule has 0 saturated carbocycles. The number of likely N-dealkylation sites (tertiary alicyclic amines) is 1. The molecule has 0 spiro atoms. The number of rotatable bonds is 5. The van der Waals surface area contributed by atoms with Crippen molar-refractivity contribution in [2.24, 2.45) is 5.92 Å². The van der Waals surface area contributed by atoms with Crippen LogP contribution in [-0.2, 0) is 17.8 Å². The molecule has 2 heterocycles. The highest BCUT2D eigenvalue weighted by Gasteiger charge is 2.29. The Labute approximate surface area is 165 Å². The van der Waals surface area contributed by atoms with Crippen LogP contribution in [0.2, 0.25) is 0 Å². The fraction of sp³-hybridized carbons (Fsp3) is 0.435. The molecule has 0 radical (unpaired) electrons. The fourth-order valence-electron chi connectivity index (χ4n) is 4.19. The Morgan fingerprint density at radius 1 is 1.14 bits per heavy atom. The number of hydrogen-bond acceptors (Lipinski definition) is 3. The van der Waals surface area contributed by atoms with Crippen LogP contribution in [0.4, 0.5) is 4.39 Å². The van der Waals surface area contributed by atoms with Crippen LogP contribution in [0.25, 0.3) is 0 Å². The fourth-order valence-corrected chi connectivity index (χ4v) is 4.19. The molecule has 5 heteroatoms. The minimum atomic E-state index is -0.229. The predicted octanol–water partition coefficient (Wildman–Crippen LogP) is 3.55. The maximum absolute atomic E-state index is 13.2. The van der Waals surface area contributed by atoms with Crippen LogP contribution in [0.3, 0.4) is 0 Å². The van der Waals surface area contributed by atoms with E-state index in [1.807, 2.05) is 18.2 Å². The summed E-state index contributed by atoms with van der Waals surface area (Å²) in [6.07, 6.45) is 3.97.